The van der Waals surface area contributed by atoms with Gasteiger partial charge >= 0.3 is 0 Å². The summed E-state index contributed by atoms with van der Waals surface area (Å²) in [7, 11) is 2.06. The van der Waals surface area contributed by atoms with E-state index < -0.39 is 0 Å². The van der Waals surface area contributed by atoms with E-state index in [9.17, 15) is 4.39 Å². The number of hydrogen-bond donors (Lipinski definition) is 0. The van der Waals surface area contributed by atoms with Gasteiger partial charge in [0, 0.05) is 17.1 Å². The predicted molar refractivity (Wildman–Crippen MR) is 65.6 cm³/mol. The molecule has 3 heteroatoms. The Morgan fingerprint density at radius 2 is 2.07 bits per heavy atom. The minimum atomic E-state index is -0.115. The normalized spacial score (nSPS) is 11.4. The molecule has 0 aliphatic rings. The molecule has 84 valence electrons. The molecule has 0 bridgehead atoms. The summed E-state index contributed by atoms with van der Waals surface area (Å²) in [5.74, 6) is -0.115. The second kappa shape index (κ2) is 5.61. The fraction of sp³-hybridized carbons (Fsp3) is 0.500. The Morgan fingerprint density at radius 1 is 1.40 bits per heavy atom. The molecule has 0 heterocycles. The van der Waals surface area contributed by atoms with E-state index in [-0.39, 0.29) is 5.82 Å². The second-order valence-electron chi connectivity index (χ2n) is 4.06. The van der Waals surface area contributed by atoms with Crippen LogP contribution in [-0.2, 0) is 6.42 Å². The van der Waals surface area contributed by atoms with Gasteiger partial charge in [0.15, 0.2) is 0 Å². The molecule has 0 atom stereocenters. The molecule has 1 aromatic rings. The molecule has 1 rings (SSSR count). The zero-order chi connectivity index (χ0) is 11.4. The minimum absolute atomic E-state index is 0.115. The molecular weight excluding hydrogens is 257 g/mol. The molecule has 0 aliphatic heterocycles. The number of rotatable bonds is 4. The van der Waals surface area contributed by atoms with E-state index in [1.54, 1.807) is 6.07 Å². The molecule has 0 radical (unpaired) electrons. The molecule has 0 unspecified atom stereocenters. The quantitative estimate of drug-likeness (QED) is 0.812. The van der Waals surface area contributed by atoms with Gasteiger partial charge in [0.1, 0.15) is 5.82 Å². The SMILES string of the molecule is CC(C)N(C)CCc1cc(Br)ccc1F. The van der Waals surface area contributed by atoms with Crippen molar-refractivity contribution in [3.05, 3.63) is 34.1 Å². The van der Waals surface area contributed by atoms with Crippen LogP contribution in [0.25, 0.3) is 0 Å². The third-order valence-corrected chi connectivity index (χ3v) is 3.12. The lowest BCUT2D eigenvalue weighted by Gasteiger charge is -2.20. The van der Waals surface area contributed by atoms with Gasteiger partial charge in [-0.25, -0.2) is 4.39 Å². The Bertz CT molecular complexity index is 325. The second-order valence-corrected chi connectivity index (χ2v) is 4.98. The number of likely N-dealkylation sites (N-methyl/N-ethyl adjacent to an activating group) is 1. The van der Waals surface area contributed by atoms with Gasteiger partial charge in [-0.1, -0.05) is 15.9 Å². The van der Waals surface area contributed by atoms with Gasteiger partial charge in [-0.2, -0.15) is 0 Å². The summed E-state index contributed by atoms with van der Waals surface area (Å²) >= 11 is 3.35. The average molecular weight is 274 g/mol. The van der Waals surface area contributed by atoms with Gasteiger partial charge in [0.25, 0.3) is 0 Å². The van der Waals surface area contributed by atoms with Crippen LogP contribution in [-0.4, -0.2) is 24.5 Å². The van der Waals surface area contributed by atoms with Gasteiger partial charge in [0.2, 0.25) is 0 Å². The number of benzene rings is 1. The minimum Gasteiger partial charge on any atom is -0.304 e. The summed E-state index contributed by atoms with van der Waals surface area (Å²) in [5.41, 5.74) is 0.775. The highest BCUT2D eigenvalue weighted by molar-refractivity contribution is 9.10. The molecule has 0 spiro atoms. The van der Waals surface area contributed by atoms with Crippen LogP contribution < -0.4 is 0 Å². The van der Waals surface area contributed by atoms with E-state index in [1.165, 1.54) is 6.07 Å². The molecular formula is C12H17BrFN. The lowest BCUT2D eigenvalue weighted by molar-refractivity contribution is 0.276. The molecule has 1 aromatic carbocycles. The first-order valence-electron chi connectivity index (χ1n) is 5.15. The maximum absolute atomic E-state index is 13.4. The van der Waals surface area contributed by atoms with Crippen molar-refractivity contribution in [2.75, 3.05) is 13.6 Å². The topological polar surface area (TPSA) is 3.24 Å². The first-order valence-corrected chi connectivity index (χ1v) is 5.94. The van der Waals surface area contributed by atoms with E-state index in [2.05, 4.69) is 41.7 Å². The number of halogens is 2. The Hall–Kier alpha value is -0.410. The monoisotopic (exact) mass is 273 g/mol. The van der Waals surface area contributed by atoms with Crippen LogP contribution in [0.15, 0.2) is 22.7 Å². The largest absolute Gasteiger partial charge is 0.304 e. The standard InChI is InChI=1S/C12H17BrFN/c1-9(2)15(3)7-6-10-8-11(13)4-5-12(10)14/h4-5,8-9H,6-7H2,1-3H3. The molecule has 0 aromatic heterocycles. The number of hydrogen-bond acceptors (Lipinski definition) is 1. The van der Waals surface area contributed by atoms with E-state index in [4.69, 9.17) is 0 Å². The Labute approximate surface area is 99.4 Å². The maximum atomic E-state index is 13.4. The van der Waals surface area contributed by atoms with Crippen molar-refractivity contribution in [3.63, 3.8) is 0 Å². The Morgan fingerprint density at radius 3 is 2.67 bits per heavy atom. The fourth-order valence-electron chi connectivity index (χ4n) is 1.29. The van der Waals surface area contributed by atoms with Crippen molar-refractivity contribution >= 4 is 15.9 Å². The van der Waals surface area contributed by atoms with E-state index >= 15 is 0 Å². The zero-order valence-corrected chi connectivity index (χ0v) is 11.0. The third-order valence-electron chi connectivity index (χ3n) is 2.62. The van der Waals surface area contributed by atoms with Gasteiger partial charge in [-0.3, -0.25) is 0 Å². The third kappa shape index (κ3) is 3.92. The van der Waals surface area contributed by atoms with Crippen molar-refractivity contribution in [1.29, 1.82) is 0 Å². The Balaban J connectivity index is 2.61. The molecule has 0 saturated heterocycles. The van der Waals surface area contributed by atoms with Crippen LogP contribution in [0.2, 0.25) is 0 Å². The fourth-order valence-corrected chi connectivity index (χ4v) is 1.70. The van der Waals surface area contributed by atoms with Crippen LogP contribution in [0.3, 0.4) is 0 Å². The van der Waals surface area contributed by atoms with Crippen LogP contribution in [0, 0.1) is 5.82 Å². The first-order chi connectivity index (χ1) is 7.00. The van der Waals surface area contributed by atoms with E-state index in [1.807, 2.05) is 6.07 Å². The summed E-state index contributed by atoms with van der Waals surface area (Å²) in [5, 5.41) is 0. The van der Waals surface area contributed by atoms with Crippen molar-refractivity contribution in [3.8, 4) is 0 Å². The highest BCUT2D eigenvalue weighted by Gasteiger charge is 2.06. The van der Waals surface area contributed by atoms with Crippen molar-refractivity contribution in [2.45, 2.75) is 26.3 Å². The predicted octanol–water partition coefficient (Wildman–Crippen LogP) is 3.47. The molecule has 0 amide bonds. The smallest absolute Gasteiger partial charge is 0.126 e. The molecule has 0 saturated carbocycles. The summed E-state index contributed by atoms with van der Waals surface area (Å²) in [6.07, 6.45) is 0.750. The first kappa shape index (κ1) is 12.7. The highest BCUT2D eigenvalue weighted by Crippen LogP contribution is 2.16. The highest BCUT2D eigenvalue weighted by atomic mass is 79.9. The lowest BCUT2D eigenvalue weighted by Crippen LogP contribution is -2.28. The molecule has 0 fully saturated rings. The maximum Gasteiger partial charge on any atom is 0.126 e. The zero-order valence-electron chi connectivity index (χ0n) is 9.43. The average Bonchev–Trinajstić information content (AvgIpc) is 2.18. The van der Waals surface area contributed by atoms with Crippen LogP contribution in [0.5, 0.6) is 0 Å². The number of nitrogens with zero attached hydrogens (tertiary/aromatic N) is 1. The van der Waals surface area contributed by atoms with E-state index in [0.29, 0.717) is 6.04 Å². The molecule has 0 aliphatic carbocycles. The van der Waals surface area contributed by atoms with Crippen LogP contribution in [0.4, 0.5) is 4.39 Å². The summed E-state index contributed by atoms with van der Waals surface area (Å²) < 4.78 is 14.3. The summed E-state index contributed by atoms with van der Waals surface area (Å²) in [6.45, 7) is 5.15. The van der Waals surface area contributed by atoms with Gasteiger partial charge in [-0.05, 0) is 51.1 Å². The van der Waals surface area contributed by atoms with Crippen molar-refractivity contribution in [2.24, 2.45) is 0 Å². The van der Waals surface area contributed by atoms with Crippen molar-refractivity contribution in [1.82, 2.24) is 4.90 Å². The molecule has 1 nitrogen and oxygen atoms in total. The van der Waals surface area contributed by atoms with E-state index in [0.717, 1.165) is 23.0 Å². The van der Waals surface area contributed by atoms with Crippen LogP contribution >= 0.6 is 15.9 Å². The van der Waals surface area contributed by atoms with Gasteiger partial charge < -0.3 is 4.90 Å². The van der Waals surface area contributed by atoms with Gasteiger partial charge in [0.05, 0.1) is 0 Å². The summed E-state index contributed by atoms with van der Waals surface area (Å²) in [6, 6.07) is 5.59. The van der Waals surface area contributed by atoms with Crippen LogP contribution in [0.1, 0.15) is 19.4 Å². The molecule has 0 N–H and O–H groups in total. The van der Waals surface area contributed by atoms with Gasteiger partial charge in [-0.15, -0.1) is 0 Å². The lowest BCUT2D eigenvalue weighted by atomic mass is 10.1. The Kier molecular flexibility index (Phi) is 4.74. The molecule has 15 heavy (non-hydrogen) atoms. The summed E-state index contributed by atoms with van der Waals surface area (Å²) in [4.78, 5) is 2.21. The van der Waals surface area contributed by atoms with Crippen molar-refractivity contribution < 1.29 is 4.39 Å².